The lowest BCUT2D eigenvalue weighted by Crippen LogP contribution is -2.13. The van der Waals surface area contributed by atoms with Crippen LogP contribution in [0.1, 0.15) is 37.0 Å². The monoisotopic (exact) mass is 341 g/mol. The van der Waals surface area contributed by atoms with E-state index >= 15 is 0 Å². The predicted molar refractivity (Wildman–Crippen MR) is 97.4 cm³/mol. The summed E-state index contributed by atoms with van der Waals surface area (Å²) < 4.78 is 11.2. The molecule has 2 rings (SSSR count). The van der Waals surface area contributed by atoms with E-state index in [1.165, 1.54) is 6.92 Å². The van der Waals surface area contributed by atoms with Crippen molar-refractivity contribution in [3.8, 4) is 11.5 Å². The molecular formula is C20H23NO4. The Hall–Kier alpha value is -2.82. The normalized spacial score (nSPS) is 10.2. The molecule has 2 aromatic rings. The van der Waals surface area contributed by atoms with Crippen LogP contribution in [0, 0.1) is 0 Å². The third kappa shape index (κ3) is 5.95. The number of anilines is 1. The fourth-order valence-corrected chi connectivity index (χ4v) is 2.30. The van der Waals surface area contributed by atoms with Crippen LogP contribution < -0.4 is 14.8 Å². The Kier molecular flexibility index (Phi) is 7.01. The maximum atomic E-state index is 12.0. The molecule has 1 N–H and O–H groups in total. The highest BCUT2D eigenvalue weighted by molar-refractivity contribution is 5.97. The van der Waals surface area contributed by atoms with E-state index in [0.29, 0.717) is 48.8 Å². The smallest absolute Gasteiger partial charge is 0.224 e. The van der Waals surface area contributed by atoms with Crippen molar-refractivity contribution >= 4 is 17.4 Å². The second-order valence-corrected chi connectivity index (χ2v) is 5.52. The minimum atomic E-state index is -0.109. The second-order valence-electron chi connectivity index (χ2n) is 5.52. The van der Waals surface area contributed by atoms with E-state index in [9.17, 15) is 9.59 Å². The average Bonchev–Trinajstić information content (AvgIpc) is 2.60. The minimum absolute atomic E-state index is 0.0301. The molecule has 0 aromatic heterocycles. The highest BCUT2D eigenvalue weighted by Gasteiger charge is 2.07. The lowest BCUT2D eigenvalue weighted by Gasteiger charge is -2.11. The first-order valence-corrected chi connectivity index (χ1v) is 8.35. The van der Waals surface area contributed by atoms with Crippen LogP contribution in [0.25, 0.3) is 0 Å². The molecule has 0 spiro atoms. The van der Waals surface area contributed by atoms with Crippen LogP contribution in [-0.2, 0) is 4.79 Å². The zero-order valence-corrected chi connectivity index (χ0v) is 14.6. The van der Waals surface area contributed by atoms with Crippen molar-refractivity contribution in [3.63, 3.8) is 0 Å². The van der Waals surface area contributed by atoms with Gasteiger partial charge in [-0.15, -0.1) is 0 Å². The third-order valence-electron chi connectivity index (χ3n) is 3.51. The van der Waals surface area contributed by atoms with Gasteiger partial charge in [0.05, 0.1) is 13.2 Å². The molecule has 25 heavy (non-hydrogen) atoms. The van der Waals surface area contributed by atoms with Gasteiger partial charge in [-0.3, -0.25) is 9.59 Å². The van der Waals surface area contributed by atoms with Gasteiger partial charge < -0.3 is 14.8 Å². The van der Waals surface area contributed by atoms with Gasteiger partial charge in [0.15, 0.2) is 17.3 Å². The van der Waals surface area contributed by atoms with Crippen molar-refractivity contribution in [1.29, 1.82) is 0 Å². The standard InChI is InChI=1S/C20H23NO4/c1-3-24-18-10-4-5-11-19(18)25-13-7-12-20(23)21-17-9-6-8-16(14-17)15(2)22/h4-6,8-11,14H,3,7,12-13H2,1-2H3,(H,21,23). The summed E-state index contributed by atoms with van der Waals surface area (Å²) in [4.78, 5) is 23.4. The summed E-state index contributed by atoms with van der Waals surface area (Å²) in [5.74, 6) is 1.24. The first-order chi connectivity index (χ1) is 12.1. The zero-order chi connectivity index (χ0) is 18.1. The summed E-state index contributed by atoms with van der Waals surface area (Å²) in [7, 11) is 0. The highest BCUT2D eigenvalue weighted by atomic mass is 16.5. The molecule has 0 saturated carbocycles. The Morgan fingerprint density at radius 2 is 1.72 bits per heavy atom. The molecule has 1 amide bonds. The number of carbonyl (C=O) groups is 2. The number of rotatable bonds is 9. The van der Waals surface area contributed by atoms with Crippen LogP contribution in [-0.4, -0.2) is 24.9 Å². The van der Waals surface area contributed by atoms with Crippen molar-refractivity contribution in [2.75, 3.05) is 18.5 Å². The summed E-state index contributed by atoms with van der Waals surface area (Å²) in [6.07, 6.45) is 0.916. The van der Waals surface area contributed by atoms with Gasteiger partial charge in [-0.2, -0.15) is 0 Å². The maximum Gasteiger partial charge on any atom is 0.224 e. The van der Waals surface area contributed by atoms with E-state index in [4.69, 9.17) is 9.47 Å². The van der Waals surface area contributed by atoms with Crippen molar-refractivity contribution in [2.24, 2.45) is 0 Å². The van der Waals surface area contributed by atoms with E-state index in [1.54, 1.807) is 24.3 Å². The fourth-order valence-electron chi connectivity index (χ4n) is 2.30. The second kappa shape index (κ2) is 9.47. The van der Waals surface area contributed by atoms with Gasteiger partial charge in [-0.05, 0) is 44.5 Å². The first-order valence-electron chi connectivity index (χ1n) is 8.35. The molecule has 5 nitrogen and oxygen atoms in total. The Morgan fingerprint density at radius 1 is 1.00 bits per heavy atom. The lowest BCUT2D eigenvalue weighted by molar-refractivity contribution is -0.116. The Balaban J connectivity index is 1.77. The van der Waals surface area contributed by atoms with Crippen LogP contribution in [0.3, 0.4) is 0 Å². The predicted octanol–water partition coefficient (Wildman–Crippen LogP) is 4.09. The number of hydrogen-bond acceptors (Lipinski definition) is 4. The Labute approximate surface area is 148 Å². The molecule has 0 fully saturated rings. The molecule has 0 heterocycles. The molecule has 0 saturated heterocycles. The van der Waals surface area contributed by atoms with Gasteiger partial charge in [0.25, 0.3) is 0 Å². The van der Waals surface area contributed by atoms with Gasteiger partial charge in [0, 0.05) is 17.7 Å². The van der Waals surface area contributed by atoms with Crippen LogP contribution >= 0.6 is 0 Å². The number of carbonyl (C=O) groups excluding carboxylic acids is 2. The number of amides is 1. The van der Waals surface area contributed by atoms with Gasteiger partial charge in [-0.1, -0.05) is 24.3 Å². The van der Waals surface area contributed by atoms with Crippen LogP contribution in [0.2, 0.25) is 0 Å². The summed E-state index contributed by atoms with van der Waals surface area (Å²) in [6.45, 7) is 4.41. The van der Waals surface area contributed by atoms with Crippen molar-refractivity contribution in [3.05, 3.63) is 54.1 Å². The van der Waals surface area contributed by atoms with Crippen LogP contribution in [0.5, 0.6) is 11.5 Å². The summed E-state index contributed by atoms with van der Waals surface area (Å²) in [5.41, 5.74) is 1.20. The molecule has 0 atom stereocenters. The average molecular weight is 341 g/mol. The summed E-state index contributed by atoms with van der Waals surface area (Å²) >= 11 is 0. The topological polar surface area (TPSA) is 64.6 Å². The third-order valence-corrected chi connectivity index (χ3v) is 3.51. The zero-order valence-electron chi connectivity index (χ0n) is 14.6. The lowest BCUT2D eigenvalue weighted by atomic mass is 10.1. The quantitative estimate of drug-likeness (QED) is 0.551. The van der Waals surface area contributed by atoms with Crippen LogP contribution in [0.4, 0.5) is 5.69 Å². The van der Waals surface area contributed by atoms with E-state index in [0.717, 1.165) is 0 Å². The van der Waals surface area contributed by atoms with E-state index in [2.05, 4.69) is 5.32 Å². The summed E-state index contributed by atoms with van der Waals surface area (Å²) in [6, 6.07) is 14.4. The van der Waals surface area contributed by atoms with Gasteiger partial charge in [0.1, 0.15) is 0 Å². The number of ether oxygens (including phenoxy) is 2. The molecule has 0 aliphatic carbocycles. The van der Waals surface area contributed by atoms with Gasteiger partial charge in [-0.25, -0.2) is 0 Å². The molecule has 2 aromatic carbocycles. The van der Waals surface area contributed by atoms with Gasteiger partial charge >= 0.3 is 0 Å². The number of para-hydroxylation sites is 2. The number of hydrogen-bond donors (Lipinski definition) is 1. The molecule has 132 valence electrons. The van der Waals surface area contributed by atoms with Gasteiger partial charge in [0.2, 0.25) is 5.91 Å². The molecule has 0 bridgehead atoms. The fraction of sp³-hybridized carbons (Fsp3) is 0.300. The number of nitrogens with one attached hydrogen (secondary N) is 1. The summed E-state index contributed by atoms with van der Waals surface area (Å²) in [5, 5.41) is 2.80. The first kappa shape index (κ1) is 18.5. The van der Waals surface area contributed by atoms with Crippen molar-refractivity contribution in [1.82, 2.24) is 0 Å². The maximum absolute atomic E-state index is 12.0. The van der Waals surface area contributed by atoms with Crippen molar-refractivity contribution in [2.45, 2.75) is 26.7 Å². The largest absolute Gasteiger partial charge is 0.490 e. The van der Waals surface area contributed by atoms with Crippen molar-refractivity contribution < 1.29 is 19.1 Å². The van der Waals surface area contributed by atoms with E-state index < -0.39 is 0 Å². The molecular weight excluding hydrogens is 318 g/mol. The molecule has 0 unspecified atom stereocenters. The molecule has 0 aliphatic heterocycles. The minimum Gasteiger partial charge on any atom is -0.490 e. The molecule has 5 heteroatoms. The Morgan fingerprint density at radius 3 is 2.40 bits per heavy atom. The van der Waals surface area contributed by atoms with E-state index in [-0.39, 0.29) is 11.7 Å². The SMILES string of the molecule is CCOc1ccccc1OCCCC(=O)Nc1cccc(C(C)=O)c1. The Bertz CT molecular complexity index is 727. The number of ketones is 1. The van der Waals surface area contributed by atoms with Crippen LogP contribution in [0.15, 0.2) is 48.5 Å². The van der Waals surface area contributed by atoms with E-state index in [1.807, 2.05) is 31.2 Å². The highest BCUT2D eigenvalue weighted by Crippen LogP contribution is 2.26. The number of Topliss-reactive ketones (excluding diaryl/α,β-unsaturated/α-hetero) is 1. The molecule has 0 radical (unpaired) electrons. The number of benzene rings is 2. The molecule has 0 aliphatic rings.